The second kappa shape index (κ2) is 8.50. The van der Waals surface area contributed by atoms with Gasteiger partial charge in [-0.3, -0.25) is 4.72 Å². The lowest BCUT2D eigenvalue weighted by atomic mass is 10.0. The van der Waals surface area contributed by atoms with Crippen LogP contribution >= 0.6 is 0 Å². The predicted octanol–water partition coefficient (Wildman–Crippen LogP) is 2.51. The number of nitrogens with one attached hydrogen (secondary N) is 2. The molecule has 0 amide bonds. The second-order valence-corrected chi connectivity index (χ2v) is 7.72. The van der Waals surface area contributed by atoms with Crippen LogP contribution in [0.1, 0.15) is 45.7 Å². The highest BCUT2D eigenvalue weighted by Gasteiger charge is 2.14. The third-order valence-corrected chi connectivity index (χ3v) is 5.30. The first-order valence-corrected chi connectivity index (χ1v) is 9.46. The summed E-state index contributed by atoms with van der Waals surface area (Å²) in [5.41, 5.74) is 1.62. The molecule has 1 aromatic rings. The number of sulfonamides is 1. The Morgan fingerprint density at radius 2 is 1.73 bits per heavy atom. The first-order valence-electron chi connectivity index (χ1n) is 7.81. The molecular formula is C16H28N2O3S. The molecule has 0 spiro atoms. The molecule has 0 radical (unpaired) electrons. The molecule has 0 aliphatic carbocycles. The molecule has 22 heavy (non-hydrogen) atoms. The minimum atomic E-state index is -3.24. The summed E-state index contributed by atoms with van der Waals surface area (Å²) in [7, 11) is -3.24. The predicted molar refractivity (Wildman–Crippen MR) is 91.4 cm³/mol. The highest BCUT2D eigenvalue weighted by Crippen LogP contribution is 2.17. The minimum Gasteiger partial charge on any atom is -0.392 e. The lowest BCUT2D eigenvalue weighted by Crippen LogP contribution is -2.33. The Morgan fingerprint density at radius 1 is 1.14 bits per heavy atom. The standard InChI is InChI=1S/C16H28N2O3S/c1-5-12(3)16(19)11-17-13(4)14-7-9-15(10-8-14)18-22(20,21)6-2/h7-10,12-13,16-19H,5-6,11H2,1-4H3. The highest BCUT2D eigenvalue weighted by atomic mass is 32.2. The van der Waals surface area contributed by atoms with Gasteiger partial charge in [0.15, 0.2) is 0 Å². The van der Waals surface area contributed by atoms with Gasteiger partial charge in [0.1, 0.15) is 0 Å². The van der Waals surface area contributed by atoms with Crippen LogP contribution in [0, 0.1) is 5.92 Å². The molecule has 1 rings (SSSR count). The van der Waals surface area contributed by atoms with Crippen LogP contribution in [0.4, 0.5) is 5.69 Å². The Hall–Kier alpha value is -1.11. The van der Waals surface area contributed by atoms with Crippen molar-refractivity contribution in [1.29, 1.82) is 0 Å². The van der Waals surface area contributed by atoms with Gasteiger partial charge in [0.05, 0.1) is 11.9 Å². The van der Waals surface area contributed by atoms with Crippen molar-refractivity contribution in [1.82, 2.24) is 5.32 Å². The van der Waals surface area contributed by atoms with Crippen molar-refractivity contribution in [2.45, 2.75) is 46.3 Å². The molecule has 0 bridgehead atoms. The van der Waals surface area contributed by atoms with E-state index in [0.29, 0.717) is 12.2 Å². The summed E-state index contributed by atoms with van der Waals surface area (Å²) in [5.74, 6) is 0.325. The monoisotopic (exact) mass is 328 g/mol. The topological polar surface area (TPSA) is 78.4 Å². The van der Waals surface area contributed by atoms with Crippen molar-refractivity contribution >= 4 is 15.7 Å². The fourth-order valence-corrected chi connectivity index (χ4v) is 2.62. The molecule has 0 aliphatic rings. The summed E-state index contributed by atoms with van der Waals surface area (Å²) in [6.45, 7) is 8.26. The molecule has 0 aliphatic heterocycles. The fourth-order valence-electron chi connectivity index (χ4n) is 1.98. The van der Waals surface area contributed by atoms with Crippen molar-refractivity contribution < 1.29 is 13.5 Å². The van der Waals surface area contributed by atoms with E-state index >= 15 is 0 Å². The van der Waals surface area contributed by atoms with Crippen molar-refractivity contribution in [3.63, 3.8) is 0 Å². The number of benzene rings is 1. The highest BCUT2D eigenvalue weighted by molar-refractivity contribution is 7.92. The van der Waals surface area contributed by atoms with E-state index in [4.69, 9.17) is 0 Å². The molecule has 3 unspecified atom stereocenters. The number of aliphatic hydroxyl groups excluding tert-OH is 1. The van der Waals surface area contributed by atoms with E-state index in [1.54, 1.807) is 19.1 Å². The van der Waals surface area contributed by atoms with Gasteiger partial charge in [0.25, 0.3) is 0 Å². The zero-order valence-electron chi connectivity index (χ0n) is 13.8. The Bertz CT molecular complexity index is 543. The summed E-state index contributed by atoms with van der Waals surface area (Å²) in [6.07, 6.45) is 0.590. The van der Waals surface area contributed by atoms with E-state index in [9.17, 15) is 13.5 Å². The van der Waals surface area contributed by atoms with E-state index in [-0.39, 0.29) is 23.8 Å². The molecule has 0 heterocycles. The molecule has 0 aromatic heterocycles. The average Bonchev–Trinajstić information content (AvgIpc) is 2.51. The van der Waals surface area contributed by atoms with Gasteiger partial charge in [-0.1, -0.05) is 32.4 Å². The van der Waals surface area contributed by atoms with Crippen LogP contribution in [0.25, 0.3) is 0 Å². The van der Waals surface area contributed by atoms with Crippen molar-refractivity contribution in [3.8, 4) is 0 Å². The van der Waals surface area contributed by atoms with Crippen molar-refractivity contribution in [2.24, 2.45) is 5.92 Å². The van der Waals surface area contributed by atoms with Crippen LogP contribution < -0.4 is 10.0 Å². The number of aliphatic hydroxyl groups is 1. The van der Waals surface area contributed by atoms with E-state index in [1.807, 2.05) is 26.0 Å². The largest absolute Gasteiger partial charge is 0.392 e. The summed E-state index contributed by atoms with van der Waals surface area (Å²) >= 11 is 0. The van der Waals surface area contributed by atoms with E-state index in [0.717, 1.165) is 12.0 Å². The van der Waals surface area contributed by atoms with Crippen LogP contribution in [0.5, 0.6) is 0 Å². The summed E-state index contributed by atoms with van der Waals surface area (Å²) in [4.78, 5) is 0. The van der Waals surface area contributed by atoms with Crippen molar-refractivity contribution in [3.05, 3.63) is 29.8 Å². The van der Waals surface area contributed by atoms with Gasteiger partial charge >= 0.3 is 0 Å². The normalized spacial score (nSPS) is 16.0. The summed E-state index contributed by atoms with van der Waals surface area (Å²) in [5, 5.41) is 13.3. The Kier molecular flexibility index (Phi) is 7.32. The van der Waals surface area contributed by atoms with Crippen LogP contribution in [0.3, 0.4) is 0 Å². The van der Waals surface area contributed by atoms with Gasteiger partial charge < -0.3 is 10.4 Å². The van der Waals surface area contributed by atoms with E-state index < -0.39 is 10.0 Å². The van der Waals surface area contributed by atoms with E-state index in [1.165, 1.54) is 0 Å². The van der Waals surface area contributed by atoms with Gasteiger partial charge in [-0.15, -0.1) is 0 Å². The zero-order valence-corrected chi connectivity index (χ0v) is 14.7. The van der Waals surface area contributed by atoms with Gasteiger partial charge in [-0.25, -0.2) is 8.42 Å². The third kappa shape index (κ3) is 5.94. The molecule has 6 heteroatoms. The smallest absolute Gasteiger partial charge is 0.232 e. The first-order chi connectivity index (χ1) is 10.3. The number of hydrogen-bond donors (Lipinski definition) is 3. The van der Waals surface area contributed by atoms with Gasteiger partial charge in [-0.2, -0.15) is 0 Å². The SMILES string of the molecule is CCC(C)C(O)CNC(C)c1ccc(NS(=O)(=O)CC)cc1. The van der Waals surface area contributed by atoms with Crippen LogP contribution in [0.2, 0.25) is 0 Å². The minimum absolute atomic E-state index is 0.0558. The maximum absolute atomic E-state index is 11.5. The number of hydrogen-bond acceptors (Lipinski definition) is 4. The van der Waals surface area contributed by atoms with Crippen LogP contribution in [-0.4, -0.2) is 31.9 Å². The third-order valence-electron chi connectivity index (χ3n) is 4.00. The average molecular weight is 328 g/mol. The molecule has 0 fully saturated rings. The van der Waals surface area contributed by atoms with Gasteiger partial charge in [0, 0.05) is 18.3 Å². The molecular weight excluding hydrogens is 300 g/mol. The maximum atomic E-state index is 11.5. The molecule has 5 nitrogen and oxygen atoms in total. The first kappa shape index (κ1) is 18.9. The molecule has 0 saturated carbocycles. The Morgan fingerprint density at radius 3 is 2.23 bits per heavy atom. The lowest BCUT2D eigenvalue weighted by Gasteiger charge is -2.21. The zero-order chi connectivity index (χ0) is 16.8. The maximum Gasteiger partial charge on any atom is 0.232 e. The Labute approximate surface area is 134 Å². The van der Waals surface area contributed by atoms with Gasteiger partial charge in [0.2, 0.25) is 10.0 Å². The lowest BCUT2D eigenvalue weighted by molar-refractivity contribution is 0.110. The number of rotatable bonds is 9. The molecule has 3 atom stereocenters. The summed E-state index contributed by atoms with van der Waals surface area (Å²) in [6, 6.07) is 7.38. The fraction of sp³-hybridized carbons (Fsp3) is 0.625. The van der Waals surface area contributed by atoms with Gasteiger partial charge in [-0.05, 0) is 37.5 Å². The van der Waals surface area contributed by atoms with Crippen molar-refractivity contribution in [2.75, 3.05) is 17.0 Å². The number of anilines is 1. The Balaban J connectivity index is 2.59. The molecule has 3 N–H and O–H groups in total. The molecule has 1 aromatic carbocycles. The molecule has 0 saturated heterocycles. The van der Waals surface area contributed by atoms with Crippen LogP contribution in [-0.2, 0) is 10.0 Å². The van der Waals surface area contributed by atoms with E-state index in [2.05, 4.69) is 17.0 Å². The molecule has 126 valence electrons. The second-order valence-electron chi connectivity index (χ2n) is 5.71. The quantitative estimate of drug-likeness (QED) is 0.651. The van der Waals surface area contributed by atoms with Crippen LogP contribution in [0.15, 0.2) is 24.3 Å². The summed E-state index contributed by atoms with van der Waals surface area (Å²) < 4.78 is 25.5.